The minimum atomic E-state index is -3.47. The van der Waals surface area contributed by atoms with Gasteiger partial charge >= 0.3 is 0 Å². The summed E-state index contributed by atoms with van der Waals surface area (Å²) >= 11 is 1.59. The predicted octanol–water partition coefficient (Wildman–Crippen LogP) is 3.72. The molecule has 3 heterocycles. The Morgan fingerprint density at radius 1 is 1.07 bits per heavy atom. The van der Waals surface area contributed by atoms with Crippen molar-refractivity contribution in [3.63, 3.8) is 0 Å². The first-order chi connectivity index (χ1) is 13.5. The molecule has 8 heteroatoms. The van der Waals surface area contributed by atoms with Crippen LogP contribution >= 0.6 is 11.3 Å². The first-order valence-electron chi connectivity index (χ1n) is 9.54. The Morgan fingerprint density at radius 3 is 2.46 bits per heavy atom. The number of nitrogens with zero attached hydrogens (tertiary/aromatic N) is 4. The molecule has 4 rings (SSSR count). The van der Waals surface area contributed by atoms with Crippen LogP contribution in [0.15, 0.2) is 46.9 Å². The van der Waals surface area contributed by atoms with Crippen molar-refractivity contribution in [3.05, 3.63) is 47.6 Å². The summed E-state index contributed by atoms with van der Waals surface area (Å²) in [5.74, 6) is 1.32. The number of anilines is 1. The van der Waals surface area contributed by atoms with Crippen LogP contribution in [0.2, 0.25) is 0 Å². The third-order valence-corrected chi connectivity index (χ3v) is 8.21. The van der Waals surface area contributed by atoms with Crippen molar-refractivity contribution in [1.29, 1.82) is 0 Å². The zero-order valence-electron chi connectivity index (χ0n) is 16.1. The van der Waals surface area contributed by atoms with Crippen molar-refractivity contribution < 1.29 is 8.42 Å². The summed E-state index contributed by atoms with van der Waals surface area (Å²) < 4.78 is 27.6. The Hall–Kier alpha value is -2.03. The van der Waals surface area contributed by atoms with Gasteiger partial charge in [0, 0.05) is 26.2 Å². The van der Waals surface area contributed by atoms with Crippen LogP contribution < -0.4 is 4.90 Å². The molecule has 0 amide bonds. The van der Waals surface area contributed by atoms with Crippen LogP contribution in [-0.2, 0) is 10.0 Å². The molecular weight excluding hydrogens is 392 g/mol. The summed E-state index contributed by atoms with van der Waals surface area (Å²) in [5.41, 5.74) is 1.18. The fraction of sp³-hybridized carbons (Fsp3) is 0.400. The molecule has 0 saturated carbocycles. The smallest absolute Gasteiger partial charge is 0.243 e. The number of hydrogen-bond acceptors (Lipinski definition) is 6. The van der Waals surface area contributed by atoms with E-state index in [0.29, 0.717) is 37.0 Å². The van der Waals surface area contributed by atoms with Crippen LogP contribution in [0.4, 0.5) is 5.82 Å². The van der Waals surface area contributed by atoms with Crippen LogP contribution in [-0.4, -0.2) is 48.9 Å². The first kappa shape index (κ1) is 19.3. The lowest BCUT2D eigenvalue weighted by molar-refractivity contribution is 0.384. The summed E-state index contributed by atoms with van der Waals surface area (Å²) in [6.07, 6.45) is 2.62. The van der Waals surface area contributed by atoms with Gasteiger partial charge in [-0.05, 0) is 41.5 Å². The lowest BCUT2D eigenvalue weighted by Crippen LogP contribution is -2.49. The highest BCUT2D eigenvalue weighted by molar-refractivity contribution is 7.89. The van der Waals surface area contributed by atoms with E-state index in [0.717, 1.165) is 22.5 Å². The van der Waals surface area contributed by atoms with Crippen LogP contribution in [0.3, 0.4) is 0 Å². The van der Waals surface area contributed by atoms with E-state index < -0.39 is 10.0 Å². The molecule has 148 valence electrons. The number of piperazine rings is 1. The van der Waals surface area contributed by atoms with E-state index >= 15 is 0 Å². The molecule has 1 saturated heterocycles. The highest BCUT2D eigenvalue weighted by Gasteiger charge is 2.29. The fourth-order valence-corrected chi connectivity index (χ4v) is 5.67. The molecule has 0 bridgehead atoms. The molecule has 0 spiro atoms. The van der Waals surface area contributed by atoms with Crippen molar-refractivity contribution in [1.82, 2.24) is 14.3 Å². The monoisotopic (exact) mass is 416 g/mol. The van der Waals surface area contributed by atoms with Gasteiger partial charge in [-0.2, -0.15) is 4.31 Å². The first-order valence-corrected chi connectivity index (χ1v) is 11.9. The summed E-state index contributed by atoms with van der Waals surface area (Å²) in [5, 5.41) is 3.04. The van der Waals surface area contributed by atoms with E-state index in [1.807, 2.05) is 23.6 Å². The molecule has 1 fully saturated rings. The van der Waals surface area contributed by atoms with Crippen LogP contribution in [0.1, 0.15) is 31.7 Å². The van der Waals surface area contributed by atoms with Gasteiger partial charge in [-0.15, -0.1) is 11.3 Å². The SMILES string of the molecule is CC[C@H](C)c1ccc(S(=O)(=O)N2CCN(c3ncnc4sccc34)CC2)cc1. The number of fused-ring (bicyclic) bond motifs is 1. The number of benzene rings is 1. The molecule has 3 aromatic rings. The van der Waals surface area contributed by atoms with E-state index in [1.165, 1.54) is 5.56 Å². The average molecular weight is 417 g/mol. The molecule has 1 aromatic carbocycles. The molecule has 28 heavy (non-hydrogen) atoms. The van der Waals surface area contributed by atoms with Gasteiger partial charge in [0.2, 0.25) is 10.0 Å². The Bertz CT molecular complexity index is 1060. The van der Waals surface area contributed by atoms with Crippen LogP contribution in [0.5, 0.6) is 0 Å². The van der Waals surface area contributed by atoms with Gasteiger partial charge < -0.3 is 4.90 Å². The van der Waals surface area contributed by atoms with Gasteiger partial charge in [0.05, 0.1) is 10.3 Å². The quantitative estimate of drug-likeness (QED) is 0.634. The topological polar surface area (TPSA) is 66.4 Å². The van der Waals surface area contributed by atoms with Crippen molar-refractivity contribution >= 4 is 37.4 Å². The van der Waals surface area contributed by atoms with Gasteiger partial charge in [-0.25, -0.2) is 18.4 Å². The van der Waals surface area contributed by atoms with Gasteiger partial charge in [-0.1, -0.05) is 26.0 Å². The third kappa shape index (κ3) is 3.52. The number of sulfonamides is 1. The average Bonchev–Trinajstić information content (AvgIpc) is 3.22. The number of hydrogen-bond donors (Lipinski definition) is 0. The van der Waals surface area contributed by atoms with Gasteiger partial charge in [-0.3, -0.25) is 0 Å². The molecule has 1 aliphatic rings. The summed E-state index contributed by atoms with van der Waals surface area (Å²) in [4.78, 5) is 12.2. The normalized spacial score (nSPS) is 17.1. The molecule has 6 nitrogen and oxygen atoms in total. The number of rotatable bonds is 5. The van der Waals surface area contributed by atoms with E-state index in [1.54, 1.807) is 34.1 Å². The van der Waals surface area contributed by atoms with Gasteiger partial charge in [0.1, 0.15) is 17.0 Å². The summed E-state index contributed by atoms with van der Waals surface area (Å²) in [7, 11) is -3.47. The van der Waals surface area contributed by atoms with Crippen molar-refractivity contribution in [2.45, 2.75) is 31.1 Å². The lowest BCUT2D eigenvalue weighted by Gasteiger charge is -2.34. The molecule has 0 unspecified atom stereocenters. The standard InChI is InChI=1S/C20H24N4O2S2/c1-3-15(2)16-4-6-17(7-5-16)28(25,26)24-11-9-23(10-12-24)19-18-8-13-27-20(18)22-14-21-19/h4-8,13-15H,3,9-12H2,1-2H3/t15-/m0/s1. The van der Waals surface area contributed by atoms with E-state index in [2.05, 4.69) is 28.7 Å². The number of thiophene rings is 1. The third-order valence-electron chi connectivity index (χ3n) is 5.48. The lowest BCUT2D eigenvalue weighted by atomic mass is 9.99. The Balaban J connectivity index is 1.49. The van der Waals surface area contributed by atoms with Crippen LogP contribution in [0, 0.1) is 0 Å². The minimum absolute atomic E-state index is 0.371. The maximum absolute atomic E-state index is 13.0. The van der Waals surface area contributed by atoms with Crippen LogP contribution in [0.25, 0.3) is 10.2 Å². The van der Waals surface area contributed by atoms with Crippen molar-refractivity contribution in [2.24, 2.45) is 0 Å². The van der Waals surface area contributed by atoms with Crippen molar-refractivity contribution in [3.8, 4) is 0 Å². The molecule has 0 N–H and O–H groups in total. The van der Waals surface area contributed by atoms with E-state index in [-0.39, 0.29) is 0 Å². The van der Waals surface area contributed by atoms with Gasteiger partial charge in [0.25, 0.3) is 0 Å². The predicted molar refractivity (Wildman–Crippen MR) is 114 cm³/mol. The van der Waals surface area contributed by atoms with Crippen molar-refractivity contribution in [2.75, 3.05) is 31.1 Å². The number of aromatic nitrogens is 2. The zero-order valence-corrected chi connectivity index (χ0v) is 17.7. The fourth-order valence-electron chi connectivity index (χ4n) is 3.52. The molecular formula is C20H24N4O2S2. The molecule has 0 aliphatic carbocycles. The maximum atomic E-state index is 13.0. The molecule has 2 aromatic heterocycles. The molecule has 1 atom stereocenters. The van der Waals surface area contributed by atoms with E-state index in [9.17, 15) is 8.42 Å². The Kier molecular flexibility index (Phi) is 5.35. The second kappa shape index (κ2) is 7.77. The molecule has 1 aliphatic heterocycles. The maximum Gasteiger partial charge on any atom is 0.243 e. The summed E-state index contributed by atoms with van der Waals surface area (Å²) in [6.45, 7) is 6.42. The van der Waals surface area contributed by atoms with E-state index in [4.69, 9.17) is 0 Å². The molecule has 0 radical (unpaired) electrons. The Morgan fingerprint density at radius 2 is 1.79 bits per heavy atom. The summed E-state index contributed by atoms with van der Waals surface area (Å²) in [6, 6.07) is 9.37. The Labute approximate surface area is 169 Å². The highest BCUT2D eigenvalue weighted by Crippen LogP contribution is 2.28. The minimum Gasteiger partial charge on any atom is -0.353 e. The second-order valence-corrected chi connectivity index (χ2v) is 9.94. The largest absolute Gasteiger partial charge is 0.353 e. The highest BCUT2D eigenvalue weighted by atomic mass is 32.2. The zero-order chi connectivity index (χ0) is 19.7. The van der Waals surface area contributed by atoms with Gasteiger partial charge in [0.15, 0.2) is 0 Å². The second-order valence-electron chi connectivity index (χ2n) is 7.11.